The number of halogens is 1. The molecule has 1 heterocycles. The number of hydrogen-bond donors (Lipinski definition) is 1. The van der Waals surface area contributed by atoms with Crippen LogP contribution in [0.25, 0.3) is 0 Å². The molecule has 0 aromatic heterocycles. The zero-order chi connectivity index (χ0) is 21.0. The molecule has 2 aliphatic rings. The summed E-state index contributed by atoms with van der Waals surface area (Å²) in [7, 11) is -4.15. The summed E-state index contributed by atoms with van der Waals surface area (Å²) in [5, 5.41) is 0. The van der Waals surface area contributed by atoms with Crippen molar-refractivity contribution in [3.63, 3.8) is 0 Å². The van der Waals surface area contributed by atoms with Crippen molar-refractivity contribution < 1.29 is 22.4 Å². The molecule has 1 atom stereocenters. The first-order chi connectivity index (χ1) is 13.8. The van der Waals surface area contributed by atoms with Crippen molar-refractivity contribution in [2.24, 2.45) is 5.92 Å². The molecule has 1 saturated heterocycles. The largest absolute Gasteiger partial charge is 0.339 e. The Hall–Kier alpha value is -2.00. The van der Waals surface area contributed by atoms with Crippen LogP contribution in [0.3, 0.4) is 0 Å². The molecule has 7 nitrogen and oxygen atoms in total. The first-order valence-electron chi connectivity index (χ1n) is 10.1. The molecular weight excluding hydrogens is 397 g/mol. The summed E-state index contributed by atoms with van der Waals surface area (Å²) in [4.78, 5) is 28.2. The lowest BCUT2D eigenvalue weighted by atomic mass is 9.88. The van der Waals surface area contributed by atoms with Crippen LogP contribution in [0.15, 0.2) is 29.2 Å². The molecule has 1 aromatic rings. The third-order valence-corrected chi connectivity index (χ3v) is 7.26. The highest BCUT2D eigenvalue weighted by molar-refractivity contribution is 7.89. The quantitative estimate of drug-likeness (QED) is 0.779. The fraction of sp³-hybridized carbons (Fsp3) is 0.600. The van der Waals surface area contributed by atoms with Crippen LogP contribution in [0.1, 0.15) is 39.0 Å². The Morgan fingerprint density at radius 2 is 1.62 bits per heavy atom. The van der Waals surface area contributed by atoms with Gasteiger partial charge in [-0.05, 0) is 31.9 Å². The Balaban J connectivity index is 1.55. The SMILES string of the molecule is C[C@H](NS(=O)(=O)c1ccccc1F)C(=O)N1CCN(C(=O)C2CCCCC2)CC1. The van der Waals surface area contributed by atoms with Crippen LogP contribution < -0.4 is 4.72 Å². The van der Waals surface area contributed by atoms with Crippen molar-refractivity contribution >= 4 is 21.8 Å². The van der Waals surface area contributed by atoms with Crippen molar-refractivity contribution in [2.45, 2.75) is 50.0 Å². The first-order valence-corrected chi connectivity index (χ1v) is 11.6. The van der Waals surface area contributed by atoms with Crippen molar-refractivity contribution in [1.82, 2.24) is 14.5 Å². The maximum Gasteiger partial charge on any atom is 0.244 e. The number of rotatable bonds is 5. The van der Waals surface area contributed by atoms with Gasteiger partial charge in [0.05, 0.1) is 6.04 Å². The summed E-state index contributed by atoms with van der Waals surface area (Å²) in [5.41, 5.74) is 0. The zero-order valence-electron chi connectivity index (χ0n) is 16.6. The lowest BCUT2D eigenvalue weighted by molar-refractivity contribution is -0.143. The molecule has 1 N–H and O–H groups in total. The van der Waals surface area contributed by atoms with Crippen LogP contribution in [0.4, 0.5) is 4.39 Å². The van der Waals surface area contributed by atoms with Gasteiger partial charge in [0.15, 0.2) is 0 Å². The molecule has 1 aromatic carbocycles. The fourth-order valence-electron chi connectivity index (χ4n) is 4.04. The number of amides is 2. The molecule has 160 valence electrons. The number of nitrogens with zero attached hydrogens (tertiary/aromatic N) is 2. The molecule has 1 saturated carbocycles. The number of piperazine rings is 1. The van der Waals surface area contributed by atoms with Crippen molar-refractivity contribution in [2.75, 3.05) is 26.2 Å². The number of carbonyl (C=O) groups is 2. The van der Waals surface area contributed by atoms with Gasteiger partial charge < -0.3 is 9.80 Å². The minimum Gasteiger partial charge on any atom is -0.339 e. The standard InChI is InChI=1S/C20H28FN3O4S/c1-15(22-29(27,28)18-10-6-5-9-17(18)21)19(25)23-11-13-24(14-12-23)20(26)16-7-3-2-4-8-16/h5-6,9-10,15-16,22H,2-4,7-8,11-14H2,1H3/t15-/m0/s1. The average Bonchev–Trinajstić information content (AvgIpc) is 2.73. The van der Waals surface area contributed by atoms with E-state index in [0.717, 1.165) is 37.8 Å². The number of hydrogen-bond acceptors (Lipinski definition) is 4. The Morgan fingerprint density at radius 1 is 1.03 bits per heavy atom. The summed E-state index contributed by atoms with van der Waals surface area (Å²) in [6, 6.07) is 4.01. The van der Waals surface area contributed by atoms with Gasteiger partial charge in [0.1, 0.15) is 10.7 Å². The summed E-state index contributed by atoms with van der Waals surface area (Å²) < 4.78 is 40.9. The Morgan fingerprint density at radius 3 is 2.24 bits per heavy atom. The smallest absolute Gasteiger partial charge is 0.244 e. The van der Waals surface area contributed by atoms with Crippen LogP contribution in [0, 0.1) is 11.7 Å². The molecule has 1 aliphatic carbocycles. The van der Waals surface area contributed by atoms with E-state index in [1.165, 1.54) is 25.5 Å². The van der Waals surface area contributed by atoms with Gasteiger partial charge in [-0.3, -0.25) is 9.59 Å². The second-order valence-electron chi connectivity index (χ2n) is 7.76. The molecule has 2 fully saturated rings. The Bertz CT molecular complexity index is 847. The molecule has 2 amide bonds. The van der Waals surface area contributed by atoms with Crippen LogP contribution in [0.2, 0.25) is 0 Å². The molecule has 1 aliphatic heterocycles. The first kappa shape index (κ1) is 21.7. The molecule has 0 radical (unpaired) electrons. The van der Waals surface area contributed by atoms with E-state index in [1.807, 2.05) is 4.90 Å². The summed E-state index contributed by atoms with van der Waals surface area (Å²) in [5.74, 6) is -0.980. The predicted octanol–water partition coefficient (Wildman–Crippen LogP) is 1.74. The lowest BCUT2D eigenvalue weighted by Gasteiger charge is -2.38. The highest BCUT2D eigenvalue weighted by Gasteiger charge is 2.32. The predicted molar refractivity (Wildman–Crippen MR) is 106 cm³/mol. The van der Waals surface area contributed by atoms with E-state index in [2.05, 4.69) is 4.72 Å². The Labute approximate surface area is 171 Å². The van der Waals surface area contributed by atoms with Gasteiger partial charge in [-0.25, -0.2) is 12.8 Å². The summed E-state index contributed by atoms with van der Waals surface area (Å²) >= 11 is 0. The van der Waals surface area contributed by atoms with Crippen LogP contribution in [-0.2, 0) is 19.6 Å². The van der Waals surface area contributed by atoms with Crippen LogP contribution in [0.5, 0.6) is 0 Å². The number of carbonyl (C=O) groups excluding carboxylic acids is 2. The lowest BCUT2D eigenvalue weighted by Crippen LogP contribution is -2.55. The molecule has 9 heteroatoms. The minimum absolute atomic E-state index is 0.0949. The summed E-state index contributed by atoms with van der Waals surface area (Å²) in [6.07, 6.45) is 5.25. The molecule has 0 unspecified atom stereocenters. The average molecular weight is 426 g/mol. The van der Waals surface area contributed by atoms with Crippen molar-refractivity contribution in [3.8, 4) is 0 Å². The molecule has 0 bridgehead atoms. The maximum absolute atomic E-state index is 13.8. The van der Waals surface area contributed by atoms with Gasteiger partial charge >= 0.3 is 0 Å². The monoisotopic (exact) mass is 425 g/mol. The third-order valence-electron chi connectivity index (χ3n) is 5.69. The van der Waals surface area contributed by atoms with E-state index in [1.54, 1.807) is 4.90 Å². The van der Waals surface area contributed by atoms with E-state index >= 15 is 0 Å². The number of sulfonamides is 1. The van der Waals surface area contributed by atoms with Gasteiger partial charge in [-0.15, -0.1) is 0 Å². The van der Waals surface area contributed by atoms with Crippen LogP contribution >= 0.6 is 0 Å². The fourth-order valence-corrected chi connectivity index (χ4v) is 5.31. The van der Waals surface area contributed by atoms with Gasteiger partial charge in [0, 0.05) is 32.1 Å². The van der Waals surface area contributed by atoms with Gasteiger partial charge in [0.2, 0.25) is 21.8 Å². The van der Waals surface area contributed by atoms with Gasteiger partial charge in [-0.2, -0.15) is 4.72 Å². The van der Waals surface area contributed by atoms with E-state index < -0.39 is 26.8 Å². The van der Waals surface area contributed by atoms with E-state index in [4.69, 9.17) is 0 Å². The second-order valence-corrected chi connectivity index (χ2v) is 9.44. The van der Waals surface area contributed by atoms with E-state index in [9.17, 15) is 22.4 Å². The maximum atomic E-state index is 13.8. The second kappa shape index (κ2) is 9.21. The van der Waals surface area contributed by atoms with E-state index in [-0.39, 0.29) is 17.7 Å². The molecule has 29 heavy (non-hydrogen) atoms. The number of nitrogens with one attached hydrogen (secondary N) is 1. The summed E-state index contributed by atoms with van der Waals surface area (Å²) in [6.45, 7) is 3.08. The highest BCUT2D eigenvalue weighted by atomic mass is 32.2. The number of benzene rings is 1. The molecule has 3 rings (SSSR count). The zero-order valence-corrected chi connectivity index (χ0v) is 17.5. The molecule has 0 spiro atoms. The third kappa shape index (κ3) is 5.14. The van der Waals surface area contributed by atoms with Crippen molar-refractivity contribution in [1.29, 1.82) is 0 Å². The molecular formula is C20H28FN3O4S. The minimum atomic E-state index is -4.15. The van der Waals surface area contributed by atoms with Crippen molar-refractivity contribution in [3.05, 3.63) is 30.1 Å². The van der Waals surface area contributed by atoms with Gasteiger partial charge in [0.25, 0.3) is 0 Å². The topological polar surface area (TPSA) is 86.8 Å². The van der Waals surface area contributed by atoms with E-state index in [0.29, 0.717) is 26.2 Å². The van der Waals surface area contributed by atoms with Gasteiger partial charge in [-0.1, -0.05) is 31.4 Å². The Kier molecular flexibility index (Phi) is 6.89. The highest BCUT2D eigenvalue weighted by Crippen LogP contribution is 2.26. The van der Waals surface area contributed by atoms with Crippen LogP contribution in [-0.4, -0.2) is 62.3 Å². The normalized spacial score (nSPS) is 19.8.